The molecule has 1 atom stereocenters. The molecule has 0 spiro atoms. The van der Waals surface area contributed by atoms with Gasteiger partial charge in [0, 0.05) is 30.0 Å². The van der Waals surface area contributed by atoms with E-state index in [4.69, 9.17) is 16.3 Å². The third-order valence-corrected chi connectivity index (χ3v) is 6.29. The predicted molar refractivity (Wildman–Crippen MR) is 126 cm³/mol. The predicted octanol–water partition coefficient (Wildman–Crippen LogP) is 5.07. The number of carbonyl (C=O) groups is 1. The molecule has 3 aromatic rings. The number of methoxy groups -OCH3 is 1. The van der Waals surface area contributed by atoms with Crippen LogP contribution < -0.4 is 5.32 Å². The molecule has 0 radical (unpaired) electrons. The zero-order valence-corrected chi connectivity index (χ0v) is 19.5. The average Bonchev–Trinajstić information content (AvgIpc) is 3.19. The number of aromatic nitrogens is 3. The lowest BCUT2D eigenvalue weighted by Crippen LogP contribution is -2.31. The average molecular weight is 459 g/mol. The van der Waals surface area contributed by atoms with E-state index in [2.05, 4.69) is 15.5 Å². The van der Waals surface area contributed by atoms with E-state index >= 15 is 0 Å². The summed E-state index contributed by atoms with van der Waals surface area (Å²) in [5, 5.41) is 13.2. The summed E-state index contributed by atoms with van der Waals surface area (Å²) in [5.74, 6) is 1.39. The molecule has 3 rings (SSSR count). The molecule has 1 amide bonds. The van der Waals surface area contributed by atoms with Crippen molar-refractivity contribution in [2.24, 2.45) is 0 Å². The molecular weight excluding hydrogens is 432 g/mol. The Morgan fingerprint density at radius 1 is 1.19 bits per heavy atom. The molecule has 6 nitrogen and oxygen atoms in total. The van der Waals surface area contributed by atoms with Crippen LogP contribution in [0.25, 0.3) is 11.4 Å². The summed E-state index contributed by atoms with van der Waals surface area (Å²) in [7, 11) is 1.67. The molecule has 8 heteroatoms. The monoisotopic (exact) mass is 458 g/mol. The minimum absolute atomic E-state index is 0.0442. The van der Waals surface area contributed by atoms with Crippen LogP contribution in [-0.4, -0.2) is 40.4 Å². The van der Waals surface area contributed by atoms with Crippen molar-refractivity contribution in [1.29, 1.82) is 0 Å². The molecule has 0 aliphatic rings. The summed E-state index contributed by atoms with van der Waals surface area (Å²) < 4.78 is 7.30. The van der Waals surface area contributed by atoms with E-state index in [0.29, 0.717) is 29.5 Å². The second-order valence-corrected chi connectivity index (χ2v) is 8.55. The van der Waals surface area contributed by atoms with Gasteiger partial charge >= 0.3 is 0 Å². The second-order valence-electron chi connectivity index (χ2n) is 7.20. The number of benzene rings is 2. The van der Waals surface area contributed by atoms with Crippen LogP contribution in [0.2, 0.25) is 5.02 Å². The standard InChI is InChI=1S/C23H27ClN4O2S/c1-4-16(2)25-22(29)18-11-9-17(10-12-18)15-31-23-27-26-21(28(23)13-14-30-3)19-7-5-6-8-20(19)24/h5-12,16H,4,13-15H2,1-3H3,(H,25,29)/t16-/m1/s1. The Kier molecular flexibility index (Phi) is 8.51. The first-order valence-corrected chi connectivity index (χ1v) is 11.6. The largest absolute Gasteiger partial charge is 0.383 e. The normalized spacial score (nSPS) is 12.0. The molecule has 0 fully saturated rings. The number of hydrogen-bond donors (Lipinski definition) is 1. The fourth-order valence-electron chi connectivity index (χ4n) is 2.93. The first-order valence-electron chi connectivity index (χ1n) is 10.2. The fraction of sp³-hybridized carbons (Fsp3) is 0.348. The molecule has 0 saturated heterocycles. The van der Waals surface area contributed by atoms with E-state index in [1.165, 1.54) is 0 Å². The SMILES string of the molecule is CC[C@@H](C)NC(=O)c1ccc(CSc2nnc(-c3ccccc3Cl)n2CCOC)cc1. The van der Waals surface area contributed by atoms with Gasteiger partial charge in [0.05, 0.1) is 18.2 Å². The van der Waals surface area contributed by atoms with Crippen LogP contribution in [0, 0.1) is 0 Å². The Bertz CT molecular complexity index is 1010. The first kappa shape index (κ1) is 23.3. The van der Waals surface area contributed by atoms with E-state index in [9.17, 15) is 4.79 Å². The lowest BCUT2D eigenvalue weighted by Gasteiger charge is -2.12. The van der Waals surface area contributed by atoms with Gasteiger partial charge in [-0.2, -0.15) is 0 Å². The van der Waals surface area contributed by atoms with Gasteiger partial charge < -0.3 is 10.1 Å². The van der Waals surface area contributed by atoms with Crippen molar-refractivity contribution in [1.82, 2.24) is 20.1 Å². The molecule has 1 aromatic heterocycles. The zero-order chi connectivity index (χ0) is 22.2. The van der Waals surface area contributed by atoms with Crippen LogP contribution in [0.15, 0.2) is 53.7 Å². The Balaban J connectivity index is 1.73. The highest BCUT2D eigenvalue weighted by Gasteiger charge is 2.16. The van der Waals surface area contributed by atoms with E-state index in [1.54, 1.807) is 18.9 Å². The van der Waals surface area contributed by atoms with E-state index in [-0.39, 0.29) is 11.9 Å². The number of halogens is 1. The molecule has 1 heterocycles. The van der Waals surface area contributed by atoms with Gasteiger partial charge in [-0.05, 0) is 43.2 Å². The number of nitrogens with one attached hydrogen (secondary N) is 1. The summed E-state index contributed by atoms with van der Waals surface area (Å²) in [4.78, 5) is 12.3. The van der Waals surface area contributed by atoms with Gasteiger partial charge in [-0.15, -0.1) is 10.2 Å². The highest BCUT2D eigenvalue weighted by Crippen LogP contribution is 2.30. The zero-order valence-electron chi connectivity index (χ0n) is 18.0. The van der Waals surface area contributed by atoms with Crippen molar-refractivity contribution in [2.75, 3.05) is 13.7 Å². The molecule has 164 valence electrons. The Morgan fingerprint density at radius 2 is 1.94 bits per heavy atom. The first-order chi connectivity index (χ1) is 15.0. The number of nitrogens with zero attached hydrogens (tertiary/aromatic N) is 3. The lowest BCUT2D eigenvalue weighted by atomic mass is 10.1. The van der Waals surface area contributed by atoms with Crippen LogP contribution in [-0.2, 0) is 17.0 Å². The molecular formula is C23H27ClN4O2S. The van der Waals surface area contributed by atoms with Gasteiger partial charge in [0.25, 0.3) is 5.91 Å². The number of ether oxygens (including phenoxy) is 1. The van der Waals surface area contributed by atoms with Gasteiger partial charge in [0.2, 0.25) is 0 Å². The number of carbonyl (C=O) groups excluding carboxylic acids is 1. The lowest BCUT2D eigenvalue weighted by molar-refractivity contribution is 0.0939. The summed E-state index contributed by atoms with van der Waals surface area (Å²) in [5.41, 5.74) is 2.61. The van der Waals surface area contributed by atoms with Gasteiger partial charge in [-0.3, -0.25) is 9.36 Å². The molecule has 0 unspecified atom stereocenters. The molecule has 0 bridgehead atoms. The van der Waals surface area contributed by atoms with Crippen molar-refractivity contribution < 1.29 is 9.53 Å². The second kappa shape index (κ2) is 11.3. The minimum atomic E-state index is -0.0442. The Labute approximate surface area is 192 Å². The summed E-state index contributed by atoms with van der Waals surface area (Å²) in [6, 6.07) is 15.4. The summed E-state index contributed by atoms with van der Waals surface area (Å²) >= 11 is 7.97. The Hall–Kier alpha value is -2.35. The number of amides is 1. The number of rotatable bonds is 10. The Morgan fingerprint density at radius 3 is 2.61 bits per heavy atom. The van der Waals surface area contributed by atoms with Crippen LogP contribution in [0.3, 0.4) is 0 Å². The molecule has 2 aromatic carbocycles. The van der Waals surface area contributed by atoms with Crippen LogP contribution in [0.1, 0.15) is 36.2 Å². The maximum absolute atomic E-state index is 12.3. The van der Waals surface area contributed by atoms with E-state index in [0.717, 1.165) is 28.5 Å². The highest BCUT2D eigenvalue weighted by molar-refractivity contribution is 7.98. The smallest absolute Gasteiger partial charge is 0.251 e. The van der Waals surface area contributed by atoms with Crippen molar-refractivity contribution in [2.45, 2.75) is 43.8 Å². The van der Waals surface area contributed by atoms with E-state index in [1.807, 2.05) is 66.9 Å². The maximum atomic E-state index is 12.3. The van der Waals surface area contributed by atoms with Gasteiger partial charge in [-0.25, -0.2) is 0 Å². The van der Waals surface area contributed by atoms with Gasteiger partial charge in [-0.1, -0.05) is 54.6 Å². The minimum Gasteiger partial charge on any atom is -0.383 e. The molecule has 0 saturated carbocycles. The molecule has 0 aliphatic heterocycles. The third kappa shape index (κ3) is 6.09. The molecule has 0 aliphatic carbocycles. The van der Waals surface area contributed by atoms with E-state index < -0.39 is 0 Å². The highest BCUT2D eigenvalue weighted by atomic mass is 35.5. The number of hydrogen-bond acceptors (Lipinski definition) is 5. The van der Waals surface area contributed by atoms with Crippen molar-refractivity contribution in [3.8, 4) is 11.4 Å². The third-order valence-electron chi connectivity index (χ3n) is 4.92. The van der Waals surface area contributed by atoms with Gasteiger partial charge in [0.15, 0.2) is 11.0 Å². The quantitative estimate of drug-likeness (QED) is 0.430. The van der Waals surface area contributed by atoms with Gasteiger partial charge in [0.1, 0.15) is 0 Å². The molecule has 31 heavy (non-hydrogen) atoms. The summed E-state index contributed by atoms with van der Waals surface area (Å²) in [6.45, 7) is 5.22. The van der Waals surface area contributed by atoms with Crippen LogP contribution in [0.5, 0.6) is 0 Å². The maximum Gasteiger partial charge on any atom is 0.251 e. The summed E-state index contributed by atoms with van der Waals surface area (Å²) in [6.07, 6.45) is 0.903. The topological polar surface area (TPSA) is 69.0 Å². The van der Waals surface area contributed by atoms with Crippen molar-refractivity contribution in [3.63, 3.8) is 0 Å². The van der Waals surface area contributed by atoms with Crippen molar-refractivity contribution in [3.05, 3.63) is 64.7 Å². The van der Waals surface area contributed by atoms with Crippen molar-refractivity contribution >= 4 is 29.3 Å². The van der Waals surface area contributed by atoms with Crippen LogP contribution in [0.4, 0.5) is 0 Å². The fourth-order valence-corrected chi connectivity index (χ4v) is 4.07. The van der Waals surface area contributed by atoms with Crippen LogP contribution >= 0.6 is 23.4 Å². The molecule has 1 N–H and O–H groups in total. The number of thioether (sulfide) groups is 1.